The van der Waals surface area contributed by atoms with Gasteiger partial charge in [0.1, 0.15) is 0 Å². The van der Waals surface area contributed by atoms with E-state index >= 15 is 0 Å². The zero-order valence-corrected chi connectivity index (χ0v) is 3.15. The monoisotopic (exact) mass is 68.1 g/mol. The largest absolute Gasteiger partial charge is 0.374 e. The summed E-state index contributed by atoms with van der Waals surface area (Å²) in [5, 5.41) is 0. The van der Waals surface area contributed by atoms with Gasteiger partial charge in [-0.1, -0.05) is 6.08 Å². The lowest BCUT2D eigenvalue weighted by molar-refractivity contribution is 1.66. The van der Waals surface area contributed by atoms with E-state index in [-0.39, 0.29) is 0 Å². The van der Waals surface area contributed by atoms with Gasteiger partial charge in [0.2, 0.25) is 7.41 Å². The molecule has 27 valence electrons. The lowest BCUT2D eigenvalue weighted by Gasteiger charge is -1.70. The van der Waals surface area contributed by atoms with E-state index in [0.717, 1.165) is 6.32 Å². The predicted octanol–water partition coefficient (Wildman–Crippen LogP) is 0.169. The minimum Gasteiger partial charge on any atom is -0.374 e. The minimum atomic E-state index is 0.806. The smallest absolute Gasteiger partial charge is 0.206 e. The summed E-state index contributed by atoms with van der Waals surface area (Å²) in [6.45, 7) is 3.44. The van der Waals surface area contributed by atoms with Crippen molar-refractivity contribution >= 4 is 7.41 Å². The molecule has 0 bridgehead atoms. The summed E-state index contributed by atoms with van der Waals surface area (Å²) in [6, 6.07) is 0. The Hall–Kier alpha value is -0.235. The quantitative estimate of drug-likeness (QED) is 0.362. The first-order valence-electron chi connectivity index (χ1n) is 1.56. The summed E-state index contributed by atoms with van der Waals surface area (Å²) >= 11 is 0. The van der Waals surface area contributed by atoms with Crippen molar-refractivity contribution in [3.8, 4) is 0 Å². The standard InChI is InChI=1S/C3H7BN/c1-2-3-4-5/h2H,1,3,5H2. The van der Waals surface area contributed by atoms with E-state index in [0.29, 0.717) is 0 Å². The molecule has 0 fully saturated rings. The zero-order valence-electron chi connectivity index (χ0n) is 3.15. The first-order valence-corrected chi connectivity index (χ1v) is 1.56. The van der Waals surface area contributed by atoms with E-state index in [9.17, 15) is 0 Å². The highest BCUT2D eigenvalue weighted by Crippen LogP contribution is 1.66. The molecule has 1 nitrogen and oxygen atoms in total. The number of nitrogens with two attached hydrogens (primary N) is 1. The van der Waals surface area contributed by atoms with Gasteiger partial charge in [-0.2, -0.15) is 0 Å². The van der Waals surface area contributed by atoms with Gasteiger partial charge in [-0.25, -0.2) is 0 Å². The van der Waals surface area contributed by atoms with Gasteiger partial charge in [-0.3, -0.25) is 0 Å². The maximum absolute atomic E-state index is 4.94. The molecule has 0 spiro atoms. The third-order valence-electron chi connectivity index (χ3n) is 0.303. The van der Waals surface area contributed by atoms with Crippen molar-refractivity contribution < 1.29 is 0 Å². The van der Waals surface area contributed by atoms with E-state index in [1.807, 2.05) is 0 Å². The first kappa shape index (κ1) is 4.76. The van der Waals surface area contributed by atoms with Crippen molar-refractivity contribution in [2.24, 2.45) is 5.64 Å². The van der Waals surface area contributed by atoms with Gasteiger partial charge in [0, 0.05) is 0 Å². The molecule has 0 saturated heterocycles. The molecule has 0 rings (SSSR count). The maximum atomic E-state index is 4.94. The third kappa shape index (κ3) is 3.76. The Morgan fingerprint density at radius 2 is 2.60 bits per heavy atom. The van der Waals surface area contributed by atoms with Gasteiger partial charge in [-0.15, -0.1) is 6.58 Å². The fourth-order valence-corrected chi connectivity index (χ4v) is 0.0962. The molecule has 2 N–H and O–H groups in total. The average Bonchev–Trinajstić information content (AvgIpc) is 1.41. The molecule has 0 aliphatic rings. The van der Waals surface area contributed by atoms with Crippen molar-refractivity contribution in [1.29, 1.82) is 0 Å². The van der Waals surface area contributed by atoms with Crippen molar-refractivity contribution in [2.75, 3.05) is 0 Å². The fraction of sp³-hybridized carbons (Fsp3) is 0.333. The van der Waals surface area contributed by atoms with Crippen LogP contribution in [-0.4, -0.2) is 7.41 Å². The Bertz CT molecular complexity index is 28.1. The number of rotatable bonds is 2. The third-order valence-corrected chi connectivity index (χ3v) is 0.303. The Balaban J connectivity index is 2.40. The number of hydrogen-bond acceptors (Lipinski definition) is 1. The van der Waals surface area contributed by atoms with Gasteiger partial charge < -0.3 is 5.64 Å². The molecular weight excluding hydrogens is 60.9 g/mol. The van der Waals surface area contributed by atoms with Crippen LogP contribution >= 0.6 is 0 Å². The van der Waals surface area contributed by atoms with Crippen LogP contribution in [0.2, 0.25) is 6.32 Å². The van der Waals surface area contributed by atoms with E-state index < -0.39 is 0 Å². The Kier molecular flexibility index (Phi) is 3.59. The summed E-state index contributed by atoms with van der Waals surface area (Å²) in [5.74, 6) is 0. The molecule has 0 aromatic carbocycles. The minimum absolute atomic E-state index is 0.806. The summed E-state index contributed by atoms with van der Waals surface area (Å²) in [7, 11) is 1.56. The highest BCUT2D eigenvalue weighted by Gasteiger charge is 1.67. The second-order valence-electron chi connectivity index (χ2n) is 0.760. The molecule has 0 heterocycles. The Labute approximate surface area is 33.1 Å². The highest BCUT2D eigenvalue weighted by atomic mass is 14.3. The summed E-state index contributed by atoms with van der Waals surface area (Å²) in [4.78, 5) is 0. The van der Waals surface area contributed by atoms with Crippen molar-refractivity contribution in [3.63, 3.8) is 0 Å². The first-order chi connectivity index (χ1) is 2.41. The molecule has 0 aliphatic heterocycles. The van der Waals surface area contributed by atoms with Crippen molar-refractivity contribution in [1.82, 2.24) is 0 Å². The van der Waals surface area contributed by atoms with Gasteiger partial charge >= 0.3 is 0 Å². The fourth-order valence-electron chi connectivity index (χ4n) is 0.0962. The lowest BCUT2D eigenvalue weighted by atomic mass is 9.92. The topological polar surface area (TPSA) is 26.0 Å². The molecule has 0 aromatic rings. The molecule has 0 atom stereocenters. The van der Waals surface area contributed by atoms with Gasteiger partial charge in [0.25, 0.3) is 0 Å². The normalized spacial score (nSPS) is 6.60. The van der Waals surface area contributed by atoms with Crippen molar-refractivity contribution in [3.05, 3.63) is 12.7 Å². The lowest BCUT2D eigenvalue weighted by Crippen LogP contribution is -2.00. The molecular formula is C3H7BN. The van der Waals surface area contributed by atoms with Crippen LogP contribution in [0.15, 0.2) is 12.7 Å². The number of hydrogen-bond donors (Lipinski definition) is 1. The van der Waals surface area contributed by atoms with Crippen LogP contribution in [0.5, 0.6) is 0 Å². The van der Waals surface area contributed by atoms with E-state index in [1.165, 1.54) is 0 Å². The molecule has 2 heteroatoms. The van der Waals surface area contributed by atoms with E-state index in [4.69, 9.17) is 5.64 Å². The van der Waals surface area contributed by atoms with Crippen LogP contribution in [0.3, 0.4) is 0 Å². The van der Waals surface area contributed by atoms with Crippen molar-refractivity contribution in [2.45, 2.75) is 6.32 Å². The summed E-state index contributed by atoms with van der Waals surface area (Å²) in [6.07, 6.45) is 2.56. The zero-order chi connectivity index (χ0) is 4.12. The van der Waals surface area contributed by atoms with Gasteiger partial charge in [0.15, 0.2) is 0 Å². The second-order valence-corrected chi connectivity index (χ2v) is 0.760. The molecule has 0 saturated carbocycles. The van der Waals surface area contributed by atoms with Crippen LogP contribution in [-0.2, 0) is 0 Å². The van der Waals surface area contributed by atoms with Gasteiger partial charge in [-0.05, 0) is 6.32 Å². The Morgan fingerprint density at radius 3 is 2.60 bits per heavy atom. The molecule has 0 aliphatic carbocycles. The Morgan fingerprint density at radius 1 is 2.00 bits per heavy atom. The highest BCUT2D eigenvalue weighted by molar-refractivity contribution is 6.31. The molecule has 1 radical (unpaired) electrons. The maximum Gasteiger partial charge on any atom is 0.206 e. The van der Waals surface area contributed by atoms with Crippen LogP contribution in [0.25, 0.3) is 0 Å². The summed E-state index contributed by atoms with van der Waals surface area (Å²) < 4.78 is 0. The molecule has 0 amide bonds. The van der Waals surface area contributed by atoms with Crippen LogP contribution in [0, 0.1) is 0 Å². The molecule has 5 heavy (non-hydrogen) atoms. The van der Waals surface area contributed by atoms with Gasteiger partial charge in [0.05, 0.1) is 0 Å². The summed E-state index contributed by atoms with van der Waals surface area (Å²) in [5.41, 5.74) is 4.94. The van der Waals surface area contributed by atoms with E-state index in [2.05, 4.69) is 6.58 Å². The SMILES string of the molecule is C=CC[B]N. The van der Waals surface area contributed by atoms with Crippen LogP contribution in [0.1, 0.15) is 0 Å². The molecule has 0 aromatic heterocycles. The molecule has 0 unspecified atom stereocenters. The predicted molar refractivity (Wildman–Crippen MR) is 24.9 cm³/mol. The van der Waals surface area contributed by atoms with Crippen LogP contribution < -0.4 is 5.64 Å². The second kappa shape index (κ2) is 3.76. The van der Waals surface area contributed by atoms with E-state index in [1.54, 1.807) is 13.5 Å². The number of allylic oxidation sites excluding steroid dienone is 1. The average molecular weight is 67.9 g/mol. The van der Waals surface area contributed by atoms with Crippen LogP contribution in [0.4, 0.5) is 0 Å².